The molecule has 1 aliphatic heterocycles. The molecule has 9 rings (SSSR count). The third kappa shape index (κ3) is 6.95. The van der Waals surface area contributed by atoms with Crippen LogP contribution >= 0.6 is 0 Å². The number of ketones is 2. The second-order valence-electron chi connectivity index (χ2n) is 21.2. The lowest BCUT2D eigenvalue weighted by Gasteiger charge is -2.64. The van der Waals surface area contributed by atoms with Gasteiger partial charge in [-0.1, -0.05) is 19.4 Å². The summed E-state index contributed by atoms with van der Waals surface area (Å²) in [4.78, 5) is 71.4. The summed E-state index contributed by atoms with van der Waals surface area (Å²) in [6, 6.07) is 0.837. The summed E-state index contributed by atoms with van der Waals surface area (Å²) in [5.41, 5.74) is -7.82. The molecule has 6 aliphatic rings. The Kier molecular flexibility index (Phi) is 11.2. The molecule has 1 aromatic carbocycles. The lowest BCUT2D eigenvalue weighted by atomic mass is 9.43. The molecule has 1 unspecified atom stereocenters. The molecule has 2 N–H and O–H groups in total. The fourth-order valence-electron chi connectivity index (χ4n) is 13.0. The van der Waals surface area contributed by atoms with Crippen molar-refractivity contribution in [3.8, 4) is 5.75 Å². The number of methoxy groups -OCH3 is 1. The Morgan fingerprint density at radius 2 is 1.74 bits per heavy atom. The van der Waals surface area contributed by atoms with Gasteiger partial charge in [-0.15, -0.1) is 0 Å². The third-order valence-corrected chi connectivity index (χ3v) is 16.3. The molecule has 9 atom stereocenters. The number of carbonyl (C=O) groups excluding carboxylic acids is 3. The van der Waals surface area contributed by atoms with E-state index in [4.69, 9.17) is 23.0 Å². The van der Waals surface area contributed by atoms with Gasteiger partial charge in [-0.3, -0.25) is 19.3 Å². The zero-order chi connectivity index (χ0) is 47.6. The summed E-state index contributed by atoms with van der Waals surface area (Å²) in [5, 5.41) is 24.0. The SMILES string of the molecule is COc1c(N2CCN(Cc3oc(=O)oc3C)C(C)C2)c(F)cc2c(=O)c(C(=O)OCC(=O)[C@@]3(OC(C)(C)C)[C@H](O)C[C@H]4[C@@H]5CCC6=CC(=O)CC[C@]6(C)[C@@]5(F)[C@@H](O)C[C@@]43C)cn(C3CC3)c12. The average molecular weight is 922 g/mol. The zero-order valence-electron chi connectivity index (χ0n) is 39.0. The van der Waals surface area contributed by atoms with Crippen molar-refractivity contribution in [1.82, 2.24) is 9.47 Å². The van der Waals surface area contributed by atoms with Crippen molar-refractivity contribution in [2.45, 2.75) is 148 Å². The van der Waals surface area contributed by atoms with E-state index in [1.54, 1.807) is 46.1 Å². The van der Waals surface area contributed by atoms with Crippen LogP contribution in [0.5, 0.6) is 5.75 Å². The highest BCUT2D eigenvalue weighted by Crippen LogP contribution is 2.71. The predicted octanol–water partition coefficient (Wildman–Crippen LogP) is 5.89. The van der Waals surface area contributed by atoms with Crippen molar-refractivity contribution in [3.05, 3.63) is 67.7 Å². The molecule has 0 bridgehead atoms. The summed E-state index contributed by atoms with van der Waals surface area (Å²) in [6.07, 6.45) is 2.10. The number of pyridine rings is 1. The highest BCUT2D eigenvalue weighted by atomic mass is 19.1. The van der Waals surface area contributed by atoms with E-state index in [9.17, 15) is 34.2 Å². The van der Waals surface area contributed by atoms with Crippen molar-refractivity contribution in [3.63, 3.8) is 0 Å². The minimum absolute atomic E-state index is 0.0192. The molecular weight excluding hydrogens is 861 g/mol. The van der Waals surface area contributed by atoms with E-state index in [0.717, 1.165) is 6.07 Å². The molecule has 2 aromatic heterocycles. The summed E-state index contributed by atoms with van der Waals surface area (Å²) in [6.45, 7) is 12.9. The second kappa shape index (κ2) is 15.9. The van der Waals surface area contributed by atoms with E-state index in [2.05, 4.69) is 4.90 Å². The lowest BCUT2D eigenvalue weighted by molar-refractivity contribution is -0.256. The van der Waals surface area contributed by atoms with Gasteiger partial charge in [0.2, 0.25) is 11.2 Å². The van der Waals surface area contributed by atoms with E-state index < -0.39 is 92.7 Å². The first kappa shape index (κ1) is 46.4. The number of benzene rings is 1. The van der Waals surface area contributed by atoms with Crippen LogP contribution in [-0.4, -0.2) is 106 Å². The maximum Gasteiger partial charge on any atom is 0.519 e. The van der Waals surface area contributed by atoms with Gasteiger partial charge in [-0.05, 0) is 97.6 Å². The number of aliphatic hydroxyl groups is 2. The van der Waals surface area contributed by atoms with Crippen LogP contribution in [-0.2, 0) is 25.6 Å². The van der Waals surface area contributed by atoms with Crippen LogP contribution in [0.4, 0.5) is 14.5 Å². The van der Waals surface area contributed by atoms with Crippen LogP contribution in [0.15, 0.2) is 42.3 Å². The molecule has 0 amide bonds. The number of ether oxygens (including phenoxy) is 3. The summed E-state index contributed by atoms with van der Waals surface area (Å²) < 4.78 is 64.7. The Bertz CT molecular complexity index is 2660. The van der Waals surface area contributed by atoms with Crippen LogP contribution in [0.2, 0.25) is 0 Å². The fourth-order valence-corrected chi connectivity index (χ4v) is 13.0. The number of allylic oxidation sites excluding steroid dienone is 1. The minimum atomic E-state index is -2.15. The first-order chi connectivity index (χ1) is 31.0. The molecule has 0 radical (unpaired) electrons. The quantitative estimate of drug-likeness (QED) is 0.229. The molecule has 15 nitrogen and oxygen atoms in total. The molecule has 5 fully saturated rings. The van der Waals surface area contributed by atoms with E-state index >= 15 is 8.78 Å². The molecule has 3 aromatic rings. The van der Waals surface area contributed by atoms with Crippen molar-refractivity contribution >= 4 is 34.1 Å². The Labute approximate surface area is 381 Å². The summed E-state index contributed by atoms with van der Waals surface area (Å²) in [5.74, 6) is -4.01. The van der Waals surface area contributed by atoms with Crippen molar-refractivity contribution < 1.29 is 56.4 Å². The number of alkyl halides is 1. The normalized spacial score (nSPS) is 33.6. The van der Waals surface area contributed by atoms with Crippen molar-refractivity contribution in [2.75, 3.05) is 38.3 Å². The van der Waals surface area contributed by atoms with Crippen molar-refractivity contribution in [2.24, 2.45) is 22.7 Å². The number of hydrogen-bond donors (Lipinski definition) is 2. The molecule has 0 spiro atoms. The molecule has 358 valence electrons. The standard InChI is InChI=1S/C49H61F2N3O12/c1-25-21-53(16-15-52(25)23-35-26(2)64-44(61)65-35)40-34(50)18-30-39(42(40)62-8)54(28-10-11-28)22-31(41(30)59)43(60)63-24-38(58)49(66-45(3,4)5)36(56)19-33-32-12-9-27-17-29(55)13-14-46(27,6)48(32,51)37(57)20-47(33,49)7/h17-18,22,25,28,32-33,36-37,56-57H,9-16,19-21,23-24H2,1-8H3/t25?,32-,33-,36+,37-,46-,47-,48-,49-/m0/s1. The first-order valence-corrected chi connectivity index (χ1v) is 23.2. The van der Waals surface area contributed by atoms with Gasteiger partial charge in [-0.25, -0.2) is 18.4 Å². The van der Waals surface area contributed by atoms with Crippen molar-refractivity contribution in [1.29, 1.82) is 0 Å². The molecule has 3 heterocycles. The van der Waals surface area contributed by atoms with Gasteiger partial charge in [0.15, 0.2) is 35.3 Å². The van der Waals surface area contributed by atoms with Gasteiger partial charge in [0.05, 0.1) is 42.4 Å². The van der Waals surface area contributed by atoms with Crippen LogP contribution in [0, 0.1) is 35.4 Å². The van der Waals surface area contributed by atoms with Gasteiger partial charge in [-0.2, -0.15) is 0 Å². The van der Waals surface area contributed by atoms with E-state index in [1.807, 2.05) is 11.8 Å². The van der Waals surface area contributed by atoms with Gasteiger partial charge in [0.1, 0.15) is 22.7 Å². The van der Waals surface area contributed by atoms with E-state index in [-0.39, 0.29) is 66.8 Å². The minimum Gasteiger partial charge on any atom is -0.492 e. The highest BCUT2D eigenvalue weighted by Gasteiger charge is 2.77. The number of piperazine rings is 1. The Morgan fingerprint density at radius 3 is 2.38 bits per heavy atom. The van der Waals surface area contributed by atoms with Crippen LogP contribution in [0.1, 0.15) is 121 Å². The predicted molar refractivity (Wildman–Crippen MR) is 236 cm³/mol. The molecule has 66 heavy (non-hydrogen) atoms. The number of Topliss-reactive ketones (excluding diaryl/α,β-unsaturated/α-hetero) is 1. The molecule has 1 saturated heterocycles. The maximum absolute atomic E-state index is 18.0. The number of hydrogen-bond acceptors (Lipinski definition) is 14. The van der Waals surface area contributed by atoms with Crippen LogP contribution in [0.3, 0.4) is 0 Å². The van der Waals surface area contributed by atoms with Gasteiger partial charge in [0.25, 0.3) is 0 Å². The Hall–Kier alpha value is -4.71. The third-order valence-electron chi connectivity index (χ3n) is 16.3. The average Bonchev–Trinajstić information content (AvgIpc) is 4.00. The smallest absolute Gasteiger partial charge is 0.492 e. The number of fused-ring (bicyclic) bond motifs is 6. The lowest BCUT2D eigenvalue weighted by Crippen LogP contribution is -2.71. The number of nitrogens with zero attached hydrogens (tertiary/aromatic N) is 3. The number of aromatic nitrogens is 1. The number of esters is 1. The van der Waals surface area contributed by atoms with Crippen LogP contribution < -0.4 is 20.9 Å². The first-order valence-electron chi connectivity index (χ1n) is 23.2. The van der Waals surface area contributed by atoms with Crippen LogP contribution in [0.25, 0.3) is 10.9 Å². The number of aryl methyl sites for hydroxylation is 1. The number of halogens is 2. The number of aliphatic hydroxyl groups excluding tert-OH is 2. The number of rotatable bonds is 10. The van der Waals surface area contributed by atoms with Gasteiger partial charge >= 0.3 is 11.8 Å². The maximum atomic E-state index is 18.0. The Balaban J connectivity index is 1.01. The fraction of sp³-hybridized carbons (Fsp3) is 0.653. The summed E-state index contributed by atoms with van der Waals surface area (Å²) in [7, 11) is 1.40. The highest BCUT2D eigenvalue weighted by molar-refractivity contribution is 5.99. The number of carbonyl (C=O) groups is 3. The van der Waals surface area contributed by atoms with Gasteiger partial charge < -0.3 is 42.7 Å². The number of anilines is 1. The van der Waals surface area contributed by atoms with E-state index in [0.29, 0.717) is 68.1 Å². The molecule has 17 heteroatoms. The molecule has 5 aliphatic carbocycles. The Morgan fingerprint density at radius 1 is 1.02 bits per heavy atom. The molecular formula is C49H61F2N3O12. The monoisotopic (exact) mass is 921 g/mol. The largest absolute Gasteiger partial charge is 0.519 e. The van der Waals surface area contributed by atoms with Gasteiger partial charge in [0, 0.05) is 61.1 Å². The second-order valence-corrected chi connectivity index (χ2v) is 21.2. The zero-order valence-corrected chi connectivity index (χ0v) is 39.0. The molecule has 4 saturated carbocycles. The summed E-state index contributed by atoms with van der Waals surface area (Å²) >= 11 is 0. The van der Waals surface area contributed by atoms with E-state index in [1.165, 1.54) is 19.4 Å². The topological polar surface area (TPSA) is 191 Å².